The van der Waals surface area contributed by atoms with Gasteiger partial charge in [-0.15, -0.1) is 0 Å². The Balaban J connectivity index is 2.07. The molecule has 0 amide bonds. The molecule has 4 nitrogen and oxygen atoms in total. The summed E-state index contributed by atoms with van der Waals surface area (Å²) in [5.41, 5.74) is 2.67. The Hall–Kier alpha value is -1.39. The monoisotopic (exact) mass is 248 g/mol. The minimum Gasteiger partial charge on any atom is -0.472 e. The Morgan fingerprint density at radius 3 is 3.00 bits per heavy atom. The van der Waals surface area contributed by atoms with Gasteiger partial charge < -0.3 is 4.42 Å². The third-order valence-corrected chi connectivity index (χ3v) is 4.22. The van der Waals surface area contributed by atoms with E-state index in [2.05, 4.69) is 6.92 Å². The molecule has 3 rings (SSSR count). The van der Waals surface area contributed by atoms with Crippen molar-refractivity contribution in [2.24, 2.45) is 5.41 Å². The van der Waals surface area contributed by atoms with Crippen molar-refractivity contribution in [2.45, 2.75) is 32.8 Å². The lowest BCUT2D eigenvalue weighted by atomic mass is 9.66. The van der Waals surface area contributed by atoms with E-state index in [4.69, 9.17) is 14.2 Å². The summed E-state index contributed by atoms with van der Waals surface area (Å²) >= 11 is 0. The molecule has 2 atom stereocenters. The van der Waals surface area contributed by atoms with Crippen LogP contribution in [0.5, 0.6) is 0 Å². The lowest BCUT2D eigenvalue weighted by Crippen LogP contribution is -2.40. The number of rotatable bonds is 1. The minimum absolute atomic E-state index is 0.180. The van der Waals surface area contributed by atoms with Crippen LogP contribution >= 0.6 is 0 Å². The molecule has 96 valence electrons. The summed E-state index contributed by atoms with van der Waals surface area (Å²) in [4.78, 5) is 22.5. The van der Waals surface area contributed by atoms with Gasteiger partial charge in [0.15, 0.2) is 5.78 Å². The highest BCUT2D eigenvalue weighted by Gasteiger charge is 2.47. The molecule has 1 aliphatic carbocycles. The fourth-order valence-electron chi connectivity index (χ4n) is 2.99. The van der Waals surface area contributed by atoms with Crippen molar-refractivity contribution in [3.05, 3.63) is 35.3 Å². The standard InChI is InChI=1S/C14H16O4/c1-9-11-8-17-18-13(10-4-6-16-7-10)14(11,2)5-3-12(9)15/h4,6-7,13H,3,5,8H2,1-2H3. The molecule has 18 heavy (non-hydrogen) atoms. The van der Waals surface area contributed by atoms with Gasteiger partial charge in [-0.25, -0.2) is 9.78 Å². The van der Waals surface area contributed by atoms with Gasteiger partial charge in [-0.3, -0.25) is 4.79 Å². The van der Waals surface area contributed by atoms with Crippen LogP contribution in [0.3, 0.4) is 0 Å². The maximum Gasteiger partial charge on any atom is 0.158 e. The molecular formula is C14H16O4. The average molecular weight is 248 g/mol. The predicted octanol–water partition coefficient (Wildman–Crippen LogP) is 2.97. The highest BCUT2D eigenvalue weighted by Crippen LogP contribution is 2.52. The Morgan fingerprint density at radius 1 is 1.44 bits per heavy atom. The van der Waals surface area contributed by atoms with Crippen LogP contribution in [0.25, 0.3) is 0 Å². The first-order valence-corrected chi connectivity index (χ1v) is 6.17. The number of furan rings is 1. The molecule has 2 heterocycles. The van der Waals surface area contributed by atoms with Gasteiger partial charge in [0.1, 0.15) is 12.7 Å². The molecule has 1 fully saturated rings. The minimum atomic E-state index is -0.206. The zero-order chi connectivity index (χ0) is 12.8. The molecule has 1 aliphatic heterocycles. The molecule has 0 bridgehead atoms. The SMILES string of the molecule is CC1=C2COOC(c3ccoc3)C2(C)CCC1=O. The van der Waals surface area contributed by atoms with Crippen LogP contribution in [0.15, 0.2) is 34.2 Å². The first-order valence-electron chi connectivity index (χ1n) is 6.17. The predicted molar refractivity (Wildman–Crippen MR) is 63.5 cm³/mol. The fourth-order valence-corrected chi connectivity index (χ4v) is 2.99. The first kappa shape index (κ1) is 11.7. The summed E-state index contributed by atoms with van der Waals surface area (Å²) in [7, 11) is 0. The van der Waals surface area contributed by atoms with E-state index in [0.29, 0.717) is 13.0 Å². The molecule has 1 aromatic heterocycles. The summed E-state index contributed by atoms with van der Waals surface area (Å²) in [6.45, 7) is 4.40. The number of carbonyl (C=O) groups is 1. The van der Waals surface area contributed by atoms with Crippen LogP contribution in [0.4, 0.5) is 0 Å². The number of ketones is 1. The second-order valence-corrected chi connectivity index (χ2v) is 5.24. The van der Waals surface area contributed by atoms with E-state index in [0.717, 1.165) is 23.1 Å². The van der Waals surface area contributed by atoms with E-state index in [9.17, 15) is 4.79 Å². The molecule has 1 saturated heterocycles. The van der Waals surface area contributed by atoms with Gasteiger partial charge in [0.2, 0.25) is 0 Å². The normalized spacial score (nSPS) is 32.6. The van der Waals surface area contributed by atoms with Crippen molar-refractivity contribution < 1.29 is 19.0 Å². The third-order valence-electron chi connectivity index (χ3n) is 4.22. The van der Waals surface area contributed by atoms with Crippen LogP contribution < -0.4 is 0 Å². The van der Waals surface area contributed by atoms with Gasteiger partial charge in [-0.1, -0.05) is 6.92 Å². The van der Waals surface area contributed by atoms with Crippen molar-refractivity contribution in [3.63, 3.8) is 0 Å². The van der Waals surface area contributed by atoms with Crippen molar-refractivity contribution >= 4 is 5.78 Å². The topological polar surface area (TPSA) is 48.7 Å². The van der Waals surface area contributed by atoms with E-state index >= 15 is 0 Å². The second-order valence-electron chi connectivity index (χ2n) is 5.24. The summed E-state index contributed by atoms with van der Waals surface area (Å²) in [6, 6.07) is 1.88. The summed E-state index contributed by atoms with van der Waals surface area (Å²) in [5, 5.41) is 0. The zero-order valence-corrected chi connectivity index (χ0v) is 10.6. The number of hydrogen-bond donors (Lipinski definition) is 0. The number of allylic oxidation sites excluding steroid dienone is 1. The lowest BCUT2D eigenvalue weighted by Gasteiger charge is -2.44. The van der Waals surface area contributed by atoms with E-state index in [1.807, 2.05) is 13.0 Å². The highest BCUT2D eigenvalue weighted by atomic mass is 17.2. The molecule has 0 saturated carbocycles. The molecular weight excluding hydrogens is 232 g/mol. The average Bonchev–Trinajstić information content (AvgIpc) is 2.87. The number of hydrogen-bond acceptors (Lipinski definition) is 4. The molecule has 0 N–H and O–H groups in total. The van der Waals surface area contributed by atoms with E-state index in [1.54, 1.807) is 12.5 Å². The van der Waals surface area contributed by atoms with E-state index in [1.165, 1.54) is 0 Å². The van der Waals surface area contributed by atoms with Crippen LogP contribution in [0.2, 0.25) is 0 Å². The van der Waals surface area contributed by atoms with E-state index in [-0.39, 0.29) is 17.3 Å². The van der Waals surface area contributed by atoms with Crippen LogP contribution in [0, 0.1) is 5.41 Å². The first-order chi connectivity index (χ1) is 8.63. The van der Waals surface area contributed by atoms with Crippen LogP contribution in [0.1, 0.15) is 38.4 Å². The molecule has 0 spiro atoms. The molecule has 2 aliphatic rings. The van der Waals surface area contributed by atoms with Gasteiger partial charge in [-0.2, -0.15) is 0 Å². The van der Waals surface area contributed by atoms with Crippen LogP contribution in [-0.4, -0.2) is 12.4 Å². The summed E-state index contributed by atoms with van der Waals surface area (Å²) < 4.78 is 5.12. The largest absolute Gasteiger partial charge is 0.472 e. The lowest BCUT2D eigenvalue weighted by molar-refractivity contribution is -0.361. The van der Waals surface area contributed by atoms with Gasteiger partial charge in [-0.05, 0) is 30.6 Å². The van der Waals surface area contributed by atoms with Crippen LogP contribution in [-0.2, 0) is 14.6 Å². The van der Waals surface area contributed by atoms with Gasteiger partial charge >= 0.3 is 0 Å². The number of carbonyl (C=O) groups excluding carboxylic acids is 1. The zero-order valence-electron chi connectivity index (χ0n) is 10.6. The molecule has 2 unspecified atom stereocenters. The summed E-state index contributed by atoms with van der Waals surface area (Å²) in [5.74, 6) is 0.221. The number of Topliss-reactive ketones (excluding diaryl/α,β-unsaturated/α-hetero) is 1. The van der Waals surface area contributed by atoms with Crippen molar-refractivity contribution in [1.29, 1.82) is 0 Å². The van der Waals surface area contributed by atoms with Crippen molar-refractivity contribution in [1.82, 2.24) is 0 Å². The molecule has 0 radical (unpaired) electrons. The molecule has 4 heteroatoms. The Labute approximate surface area is 105 Å². The van der Waals surface area contributed by atoms with E-state index < -0.39 is 0 Å². The number of fused-ring (bicyclic) bond motifs is 1. The Kier molecular flexibility index (Phi) is 2.64. The fraction of sp³-hybridized carbons (Fsp3) is 0.500. The van der Waals surface area contributed by atoms with Gasteiger partial charge in [0.05, 0.1) is 12.5 Å². The van der Waals surface area contributed by atoms with Crippen molar-refractivity contribution in [2.75, 3.05) is 6.61 Å². The highest BCUT2D eigenvalue weighted by molar-refractivity contribution is 5.96. The Morgan fingerprint density at radius 2 is 2.28 bits per heavy atom. The maximum atomic E-state index is 11.8. The molecule has 1 aromatic rings. The Bertz CT molecular complexity index is 500. The van der Waals surface area contributed by atoms with Gasteiger partial charge in [0.25, 0.3) is 0 Å². The molecule has 0 aromatic carbocycles. The second kappa shape index (κ2) is 4.07. The van der Waals surface area contributed by atoms with Gasteiger partial charge in [0, 0.05) is 17.4 Å². The third kappa shape index (κ3) is 1.56. The summed E-state index contributed by atoms with van der Waals surface area (Å²) in [6.07, 6.45) is 4.46. The maximum absolute atomic E-state index is 11.8. The van der Waals surface area contributed by atoms with Crippen molar-refractivity contribution in [3.8, 4) is 0 Å². The quantitative estimate of drug-likeness (QED) is 0.717. The smallest absolute Gasteiger partial charge is 0.158 e.